The van der Waals surface area contributed by atoms with Crippen LogP contribution in [0.3, 0.4) is 0 Å². The molecule has 1 N–H and O–H groups in total. The van der Waals surface area contributed by atoms with Gasteiger partial charge in [-0.1, -0.05) is 12.1 Å². The van der Waals surface area contributed by atoms with Crippen molar-refractivity contribution in [3.05, 3.63) is 29.8 Å². The Morgan fingerprint density at radius 3 is 2.71 bits per heavy atom. The molecule has 0 saturated carbocycles. The zero-order valence-corrected chi connectivity index (χ0v) is 13.0. The van der Waals surface area contributed by atoms with E-state index in [4.69, 9.17) is 9.47 Å². The fourth-order valence-electron chi connectivity index (χ4n) is 2.50. The van der Waals surface area contributed by atoms with Crippen LogP contribution >= 0.6 is 0 Å². The predicted octanol–water partition coefficient (Wildman–Crippen LogP) is 1.42. The van der Waals surface area contributed by atoms with E-state index in [1.807, 2.05) is 43.0 Å². The number of nitrogens with one attached hydrogen (secondary N) is 1. The highest BCUT2D eigenvalue weighted by Crippen LogP contribution is 2.15. The maximum atomic E-state index is 12.6. The van der Waals surface area contributed by atoms with Gasteiger partial charge in [0, 0.05) is 19.6 Å². The zero-order valence-electron chi connectivity index (χ0n) is 13.0. The quantitative estimate of drug-likeness (QED) is 0.892. The lowest BCUT2D eigenvalue weighted by Gasteiger charge is -2.33. The lowest BCUT2D eigenvalue weighted by Crippen LogP contribution is -2.56. The molecule has 5 nitrogen and oxygen atoms in total. The van der Waals surface area contributed by atoms with E-state index in [1.165, 1.54) is 0 Å². The van der Waals surface area contributed by atoms with Gasteiger partial charge in [0.25, 0.3) is 0 Å². The van der Waals surface area contributed by atoms with Crippen molar-refractivity contribution in [3.63, 3.8) is 0 Å². The topological polar surface area (TPSA) is 50.8 Å². The zero-order chi connectivity index (χ0) is 15.2. The van der Waals surface area contributed by atoms with E-state index in [2.05, 4.69) is 5.32 Å². The fraction of sp³-hybridized carbons (Fsp3) is 0.562. The number of morpholine rings is 1. The van der Waals surface area contributed by atoms with Crippen LogP contribution in [0.4, 0.5) is 0 Å². The Morgan fingerprint density at radius 1 is 1.43 bits per heavy atom. The first-order chi connectivity index (χ1) is 10.2. The van der Waals surface area contributed by atoms with Gasteiger partial charge in [-0.3, -0.25) is 4.79 Å². The van der Waals surface area contributed by atoms with Crippen molar-refractivity contribution < 1.29 is 14.3 Å². The summed E-state index contributed by atoms with van der Waals surface area (Å²) < 4.78 is 10.7. The van der Waals surface area contributed by atoms with Crippen molar-refractivity contribution in [1.82, 2.24) is 10.2 Å². The van der Waals surface area contributed by atoms with Crippen LogP contribution in [-0.2, 0) is 16.1 Å². The second-order valence-electron chi connectivity index (χ2n) is 5.21. The second-order valence-corrected chi connectivity index (χ2v) is 5.21. The Bertz CT molecular complexity index is 461. The van der Waals surface area contributed by atoms with Gasteiger partial charge in [-0.15, -0.1) is 0 Å². The van der Waals surface area contributed by atoms with Gasteiger partial charge in [0.15, 0.2) is 0 Å². The predicted molar refractivity (Wildman–Crippen MR) is 81.3 cm³/mol. The summed E-state index contributed by atoms with van der Waals surface area (Å²) in [7, 11) is 1.65. The third-order valence-electron chi connectivity index (χ3n) is 3.81. The molecule has 1 aromatic carbocycles. The van der Waals surface area contributed by atoms with Crippen LogP contribution in [0.15, 0.2) is 24.3 Å². The van der Waals surface area contributed by atoms with E-state index >= 15 is 0 Å². The van der Waals surface area contributed by atoms with Gasteiger partial charge in [0.2, 0.25) is 5.91 Å². The van der Waals surface area contributed by atoms with E-state index in [0.717, 1.165) is 17.9 Å². The lowest BCUT2D eigenvalue weighted by atomic mass is 10.1. The summed E-state index contributed by atoms with van der Waals surface area (Å²) in [5, 5.41) is 3.25. The van der Waals surface area contributed by atoms with Crippen molar-refractivity contribution in [3.8, 4) is 5.75 Å². The van der Waals surface area contributed by atoms with Gasteiger partial charge >= 0.3 is 0 Å². The van der Waals surface area contributed by atoms with Crippen molar-refractivity contribution in [1.29, 1.82) is 0 Å². The van der Waals surface area contributed by atoms with E-state index in [-0.39, 0.29) is 18.1 Å². The van der Waals surface area contributed by atoms with E-state index < -0.39 is 0 Å². The van der Waals surface area contributed by atoms with E-state index in [9.17, 15) is 4.79 Å². The van der Waals surface area contributed by atoms with Crippen LogP contribution in [-0.4, -0.2) is 49.8 Å². The molecule has 1 saturated heterocycles. The van der Waals surface area contributed by atoms with Crippen LogP contribution in [0, 0.1) is 0 Å². The highest BCUT2D eigenvalue weighted by atomic mass is 16.5. The summed E-state index contributed by atoms with van der Waals surface area (Å²) in [4.78, 5) is 14.5. The van der Waals surface area contributed by atoms with Crippen LogP contribution in [0.1, 0.15) is 19.4 Å². The Hall–Kier alpha value is -1.59. The van der Waals surface area contributed by atoms with Gasteiger partial charge < -0.3 is 19.7 Å². The molecule has 2 rings (SSSR count). The van der Waals surface area contributed by atoms with Crippen LogP contribution < -0.4 is 10.1 Å². The van der Waals surface area contributed by atoms with Gasteiger partial charge in [-0.25, -0.2) is 0 Å². The first-order valence-electron chi connectivity index (χ1n) is 7.42. The molecular weight excluding hydrogens is 268 g/mol. The fourth-order valence-corrected chi connectivity index (χ4v) is 2.50. The number of nitrogens with zero attached hydrogens (tertiary/aromatic N) is 1. The molecule has 2 atom stereocenters. The summed E-state index contributed by atoms with van der Waals surface area (Å²) >= 11 is 0. The first kappa shape index (κ1) is 15.8. The summed E-state index contributed by atoms with van der Waals surface area (Å²) in [5.41, 5.74) is 1.09. The molecule has 1 amide bonds. The molecular formula is C16H24N2O3. The van der Waals surface area contributed by atoms with Crippen molar-refractivity contribution in [2.75, 3.05) is 26.8 Å². The second kappa shape index (κ2) is 7.43. The normalized spacial score (nSPS) is 21.9. The first-order valence-corrected chi connectivity index (χ1v) is 7.42. The third-order valence-corrected chi connectivity index (χ3v) is 3.81. The largest absolute Gasteiger partial charge is 0.497 e. The minimum Gasteiger partial charge on any atom is -0.497 e. The minimum atomic E-state index is -0.253. The maximum Gasteiger partial charge on any atom is 0.242 e. The average Bonchev–Trinajstić information content (AvgIpc) is 2.53. The third kappa shape index (κ3) is 3.95. The SMILES string of the molecule is CCN(Cc1ccc(OC)cc1)C(=O)[C@H]1NCCO[C@@H]1C. The number of carbonyl (C=O) groups is 1. The molecule has 0 spiro atoms. The monoisotopic (exact) mass is 292 g/mol. The van der Waals surface area contributed by atoms with Gasteiger partial charge in [0.05, 0.1) is 19.8 Å². The summed E-state index contributed by atoms with van der Waals surface area (Å²) in [5.74, 6) is 0.921. The molecule has 0 unspecified atom stereocenters. The smallest absolute Gasteiger partial charge is 0.242 e. The number of ether oxygens (including phenoxy) is 2. The number of methoxy groups -OCH3 is 1. The molecule has 1 aromatic rings. The molecule has 116 valence electrons. The summed E-state index contributed by atoms with van der Waals surface area (Å²) in [6.07, 6.45) is -0.0869. The number of amides is 1. The van der Waals surface area contributed by atoms with E-state index in [0.29, 0.717) is 19.7 Å². The molecule has 0 aliphatic carbocycles. The van der Waals surface area contributed by atoms with Crippen molar-refractivity contribution in [2.24, 2.45) is 0 Å². The molecule has 1 aliphatic rings. The van der Waals surface area contributed by atoms with E-state index in [1.54, 1.807) is 7.11 Å². The highest BCUT2D eigenvalue weighted by Gasteiger charge is 2.31. The molecule has 21 heavy (non-hydrogen) atoms. The summed E-state index contributed by atoms with van der Waals surface area (Å²) in [6, 6.07) is 7.56. The molecule has 5 heteroatoms. The van der Waals surface area contributed by atoms with Crippen molar-refractivity contribution in [2.45, 2.75) is 32.5 Å². The minimum absolute atomic E-state index is 0.0869. The number of hydrogen-bond donors (Lipinski definition) is 1. The van der Waals surface area contributed by atoms with Gasteiger partial charge in [-0.05, 0) is 31.5 Å². The Balaban J connectivity index is 2.02. The van der Waals surface area contributed by atoms with Crippen molar-refractivity contribution >= 4 is 5.91 Å². The molecule has 0 bridgehead atoms. The number of likely N-dealkylation sites (N-methyl/N-ethyl adjacent to an activating group) is 1. The summed E-state index contributed by atoms with van der Waals surface area (Å²) in [6.45, 7) is 6.60. The van der Waals surface area contributed by atoms with Crippen LogP contribution in [0.5, 0.6) is 5.75 Å². The number of hydrogen-bond acceptors (Lipinski definition) is 4. The molecule has 1 aliphatic heterocycles. The van der Waals surface area contributed by atoms with Gasteiger partial charge in [-0.2, -0.15) is 0 Å². The van der Waals surface area contributed by atoms with Crippen LogP contribution in [0.25, 0.3) is 0 Å². The number of benzene rings is 1. The Kier molecular flexibility index (Phi) is 5.59. The molecule has 0 radical (unpaired) electrons. The molecule has 1 heterocycles. The molecule has 1 fully saturated rings. The standard InChI is InChI=1S/C16H24N2O3/c1-4-18(11-13-5-7-14(20-3)8-6-13)16(19)15-12(2)21-10-9-17-15/h5-8,12,15,17H,4,9-11H2,1-3H3/t12-,15+/m1/s1. The molecule has 0 aromatic heterocycles. The lowest BCUT2D eigenvalue weighted by molar-refractivity contribution is -0.139. The Morgan fingerprint density at radius 2 is 2.14 bits per heavy atom. The highest BCUT2D eigenvalue weighted by molar-refractivity contribution is 5.82. The average molecular weight is 292 g/mol. The Labute approximate surface area is 126 Å². The maximum absolute atomic E-state index is 12.6. The van der Waals surface area contributed by atoms with Crippen LogP contribution in [0.2, 0.25) is 0 Å². The van der Waals surface area contributed by atoms with Gasteiger partial charge in [0.1, 0.15) is 11.8 Å². The number of rotatable bonds is 5. The number of carbonyl (C=O) groups excluding carboxylic acids is 1.